The molecule has 2 N–H and O–H groups in total. The second kappa shape index (κ2) is 9.36. The Labute approximate surface area is 161 Å². The summed E-state index contributed by atoms with van der Waals surface area (Å²) in [4.78, 5) is 34.3. The number of nitrogens with zero attached hydrogens (tertiary/aromatic N) is 1. The van der Waals surface area contributed by atoms with Gasteiger partial charge in [-0.05, 0) is 38.0 Å². The fourth-order valence-corrected chi connectivity index (χ4v) is 2.39. The van der Waals surface area contributed by atoms with Crippen molar-refractivity contribution in [2.45, 2.75) is 26.9 Å². The number of hydrogen-bond donors (Lipinski definition) is 2. The number of nitro benzene ring substituents is 1. The highest BCUT2D eigenvalue weighted by atomic mass is 16.6. The van der Waals surface area contributed by atoms with Crippen LogP contribution in [-0.4, -0.2) is 29.4 Å². The maximum absolute atomic E-state index is 12.1. The fraction of sp³-hybridized carbons (Fsp3) is 0.263. The minimum atomic E-state index is -1.07. The van der Waals surface area contributed by atoms with Crippen LogP contribution < -0.4 is 20.3 Å². The highest BCUT2D eigenvalue weighted by Gasteiger charge is 2.21. The van der Waals surface area contributed by atoms with Crippen LogP contribution in [0.3, 0.4) is 0 Å². The SMILES string of the molecule is Cc1cccc(C)c1OCC(=O)NNC(=O)C(C)Oc1ccccc1[N+](=O)[O-]. The summed E-state index contributed by atoms with van der Waals surface area (Å²) in [6.45, 7) is 4.85. The second-order valence-corrected chi connectivity index (χ2v) is 6.03. The van der Waals surface area contributed by atoms with Gasteiger partial charge in [-0.15, -0.1) is 0 Å². The third-order valence-electron chi connectivity index (χ3n) is 3.82. The lowest BCUT2D eigenvalue weighted by atomic mass is 10.1. The average molecular weight is 387 g/mol. The lowest BCUT2D eigenvalue weighted by molar-refractivity contribution is -0.386. The van der Waals surface area contributed by atoms with E-state index in [1.165, 1.54) is 25.1 Å². The van der Waals surface area contributed by atoms with Gasteiger partial charge < -0.3 is 9.47 Å². The Morgan fingerprint density at radius 2 is 1.71 bits per heavy atom. The summed E-state index contributed by atoms with van der Waals surface area (Å²) in [5, 5.41) is 11.0. The molecule has 0 aliphatic heterocycles. The molecule has 0 radical (unpaired) electrons. The van der Waals surface area contributed by atoms with Crippen molar-refractivity contribution in [2.75, 3.05) is 6.61 Å². The minimum absolute atomic E-state index is 0.0418. The van der Waals surface area contributed by atoms with Crippen LogP contribution in [0.2, 0.25) is 0 Å². The predicted molar refractivity (Wildman–Crippen MR) is 101 cm³/mol. The van der Waals surface area contributed by atoms with Gasteiger partial charge in [0.05, 0.1) is 4.92 Å². The number of carbonyl (C=O) groups excluding carboxylic acids is 2. The number of nitro groups is 1. The number of nitrogens with one attached hydrogen (secondary N) is 2. The molecule has 0 heterocycles. The molecule has 0 fully saturated rings. The van der Waals surface area contributed by atoms with Crippen LogP contribution >= 0.6 is 0 Å². The number of aryl methyl sites for hydroxylation is 2. The molecule has 9 nitrogen and oxygen atoms in total. The van der Waals surface area contributed by atoms with Gasteiger partial charge >= 0.3 is 5.69 Å². The Kier molecular flexibility index (Phi) is 6.91. The maximum atomic E-state index is 12.1. The van der Waals surface area contributed by atoms with Crippen molar-refractivity contribution in [2.24, 2.45) is 0 Å². The molecule has 2 amide bonds. The van der Waals surface area contributed by atoms with Crippen molar-refractivity contribution in [1.82, 2.24) is 10.9 Å². The number of amides is 2. The van der Waals surface area contributed by atoms with Crippen LogP contribution in [-0.2, 0) is 9.59 Å². The highest BCUT2D eigenvalue weighted by molar-refractivity contribution is 5.85. The molecule has 0 bridgehead atoms. The number of rotatable bonds is 7. The number of ether oxygens (including phenoxy) is 2. The Hall–Kier alpha value is -3.62. The van der Waals surface area contributed by atoms with E-state index >= 15 is 0 Å². The topological polar surface area (TPSA) is 120 Å². The molecular weight excluding hydrogens is 366 g/mol. The van der Waals surface area contributed by atoms with Crippen molar-refractivity contribution in [3.63, 3.8) is 0 Å². The van der Waals surface area contributed by atoms with E-state index in [4.69, 9.17) is 9.47 Å². The summed E-state index contributed by atoms with van der Waals surface area (Å²) in [5.41, 5.74) is 5.95. The lowest BCUT2D eigenvalue weighted by Gasteiger charge is -2.16. The first kappa shape index (κ1) is 20.7. The van der Waals surface area contributed by atoms with E-state index in [0.717, 1.165) is 11.1 Å². The van der Waals surface area contributed by atoms with Gasteiger partial charge in [-0.1, -0.05) is 30.3 Å². The van der Waals surface area contributed by atoms with E-state index in [0.29, 0.717) is 5.75 Å². The van der Waals surface area contributed by atoms with Gasteiger partial charge in [-0.25, -0.2) is 0 Å². The van der Waals surface area contributed by atoms with Crippen molar-refractivity contribution < 1.29 is 24.0 Å². The van der Waals surface area contributed by atoms with Crippen molar-refractivity contribution in [1.29, 1.82) is 0 Å². The van der Waals surface area contributed by atoms with Gasteiger partial charge in [0.15, 0.2) is 18.5 Å². The molecule has 2 aromatic rings. The van der Waals surface area contributed by atoms with E-state index in [-0.39, 0.29) is 18.0 Å². The van der Waals surface area contributed by atoms with E-state index in [1.807, 2.05) is 32.0 Å². The van der Waals surface area contributed by atoms with Crippen LogP contribution in [0.25, 0.3) is 0 Å². The summed E-state index contributed by atoms with van der Waals surface area (Å²) in [7, 11) is 0. The number of hydrazine groups is 1. The largest absolute Gasteiger partial charge is 0.483 e. The van der Waals surface area contributed by atoms with Gasteiger partial charge in [0.25, 0.3) is 11.8 Å². The quantitative estimate of drug-likeness (QED) is 0.555. The number of benzene rings is 2. The van der Waals surface area contributed by atoms with E-state index < -0.39 is 22.8 Å². The van der Waals surface area contributed by atoms with Gasteiger partial charge in [0.1, 0.15) is 5.75 Å². The Morgan fingerprint density at radius 1 is 1.07 bits per heavy atom. The lowest BCUT2D eigenvalue weighted by Crippen LogP contribution is -2.48. The number of para-hydroxylation sites is 3. The van der Waals surface area contributed by atoms with Gasteiger partial charge in [-0.2, -0.15) is 0 Å². The van der Waals surface area contributed by atoms with Crippen molar-refractivity contribution in [3.05, 3.63) is 63.7 Å². The molecule has 9 heteroatoms. The molecule has 1 atom stereocenters. The predicted octanol–water partition coefficient (Wildman–Crippen LogP) is 2.21. The molecule has 0 aromatic heterocycles. The van der Waals surface area contributed by atoms with Crippen LogP contribution in [0.1, 0.15) is 18.1 Å². The first-order valence-electron chi connectivity index (χ1n) is 8.47. The molecule has 0 saturated carbocycles. The molecule has 0 saturated heterocycles. The fourth-order valence-electron chi connectivity index (χ4n) is 2.39. The Morgan fingerprint density at radius 3 is 2.36 bits per heavy atom. The van der Waals surface area contributed by atoms with E-state index in [2.05, 4.69) is 10.9 Å². The van der Waals surface area contributed by atoms with Crippen LogP contribution in [0, 0.1) is 24.0 Å². The van der Waals surface area contributed by atoms with E-state index in [1.54, 1.807) is 6.07 Å². The smallest absolute Gasteiger partial charge is 0.310 e. The molecule has 148 valence electrons. The molecule has 2 rings (SSSR count). The molecular formula is C19H21N3O6. The molecule has 0 aliphatic carbocycles. The molecule has 2 aromatic carbocycles. The molecule has 1 unspecified atom stereocenters. The zero-order chi connectivity index (χ0) is 20.7. The van der Waals surface area contributed by atoms with Crippen LogP contribution in [0.5, 0.6) is 11.5 Å². The Bertz CT molecular complexity index is 863. The van der Waals surface area contributed by atoms with Gasteiger partial charge in [0, 0.05) is 6.07 Å². The average Bonchev–Trinajstić information content (AvgIpc) is 2.65. The first-order chi connectivity index (χ1) is 13.3. The zero-order valence-corrected chi connectivity index (χ0v) is 15.7. The maximum Gasteiger partial charge on any atom is 0.310 e. The second-order valence-electron chi connectivity index (χ2n) is 6.03. The summed E-state index contributed by atoms with van der Waals surface area (Å²) >= 11 is 0. The van der Waals surface area contributed by atoms with Crippen molar-refractivity contribution in [3.8, 4) is 11.5 Å². The summed E-state index contributed by atoms with van der Waals surface area (Å²) in [6, 6.07) is 11.3. The molecule has 0 spiro atoms. The minimum Gasteiger partial charge on any atom is -0.483 e. The van der Waals surface area contributed by atoms with Crippen LogP contribution in [0.15, 0.2) is 42.5 Å². The summed E-state index contributed by atoms with van der Waals surface area (Å²) in [6.07, 6.45) is -1.07. The normalized spacial score (nSPS) is 11.2. The third-order valence-corrected chi connectivity index (χ3v) is 3.82. The standard InChI is InChI=1S/C19H21N3O6/c1-12-7-6-8-13(2)18(12)27-11-17(23)20-21-19(24)14(3)28-16-10-5-4-9-15(16)22(25)26/h4-10,14H,11H2,1-3H3,(H,20,23)(H,21,24). The Balaban J connectivity index is 1.84. The molecule has 28 heavy (non-hydrogen) atoms. The summed E-state index contributed by atoms with van der Waals surface area (Å²) < 4.78 is 10.8. The number of carbonyl (C=O) groups is 2. The highest BCUT2D eigenvalue weighted by Crippen LogP contribution is 2.26. The molecule has 0 aliphatic rings. The number of hydrogen-bond acceptors (Lipinski definition) is 6. The zero-order valence-electron chi connectivity index (χ0n) is 15.7. The third kappa shape index (κ3) is 5.44. The van der Waals surface area contributed by atoms with E-state index in [9.17, 15) is 19.7 Å². The monoisotopic (exact) mass is 387 g/mol. The van der Waals surface area contributed by atoms with Gasteiger partial charge in [-0.3, -0.25) is 30.6 Å². The van der Waals surface area contributed by atoms with Gasteiger partial charge in [0.2, 0.25) is 0 Å². The first-order valence-corrected chi connectivity index (χ1v) is 8.47. The van der Waals surface area contributed by atoms with Crippen molar-refractivity contribution >= 4 is 17.5 Å². The van der Waals surface area contributed by atoms with Crippen LogP contribution in [0.4, 0.5) is 5.69 Å². The summed E-state index contributed by atoms with van der Waals surface area (Å²) in [5.74, 6) is -0.663.